The minimum atomic E-state index is 0.0250. The van der Waals surface area contributed by atoms with Crippen molar-refractivity contribution < 1.29 is 4.79 Å². The lowest BCUT2D eigenvalue weighted by molar-refractivity contribution is -0.118. The Morgan fingerprint density at radius 1 is 1.00 bits per heavy atom. The number of carbonyl (C=O) groups excluding carboxylic acids is 1. The highest BCUT2D eigenvalue weighted by Crippen LogP contribution is 2.23. The first-order valence-electron chi connectivity index (χ1n) is 8.46. The Labute approximate surface area is 155 Å². The summed E-state index contributed by atoms with van der Waals surface area (Å²) >= 11 is 1.55. The molecule has 0 bridgehead atoms. The third-order valence-corrected chi connectivity index (χ3v) is 5.14. The Bertz CT molecular complexity index is 1060. The summed E-state index contributed by atoms with van der Waals surface area (Å²) in [5.41, 5.74) is 0.820. The van der Waals surface area contributed by atoms with Gasteiger partial charge in [0.05, 0.1) is 5.75 Å². The number of carbonyl (C=O) groups is 1. The molecule has 4 aromatic rings. The van der Waals surface area contributed by atoms with Crippen LogP contribution in [0.2, 0.25) is 0 Å². The predicted molar refractivity (Wildman–Crippen MR) is 104 cm³/mol. The number of thioether (sulfide) groups is 1. The van der Waals surface area contributed by atoms with Crippen LogP contribution < -0.4 is 5.32 Å². The van der Waals surface area contributed by atoms with Gasteiger partial charge in [-0.25, -0.2) is 0 Å². The van der Waals surface area contributed by atoms with E-state index >= 15 is 0 Å². The largest absolute Gasteiger partial charge is 0.355 e. The van der Waals surface area contributed by atoms with Gasteiger partial charge in [0.1, 0.15) is 5.82 Å². The van der Waals surface area contributed by atoms with Crippen LogP contribution in [0.3, 0.4) is 0 Å². The van der Waals surface area contributed by atoms with Gasteiger partial charge in [0.15, 0.2) is 5.65 Å². The van der Waals surface area contributed by atoms with Crippen molar-refractivity contribution in [3.8, 4) is 0 Å². The standard InChI is InChI=1S/C20H18N4OS/c25-20(14-26-17-9-8-15-5-1-2-6-16(15)13-17)21-11-10-19-23-22-18-7-3-4-12-24(18)19/h1-9,12-13H,10-11,14H2,(H,21,25). The lowest BCUT2D eigenvalue weighted by Crippen LogP contribution is -2.27. The van der Waals surface area contributed by atoms with Crippen LogP contribution in [-0.4, -0.2) is 32.8 Å². The molecule has 1 amide bonds. The Hall–Kier alpha value is -2.86. The highest BCUT2D eigenvalue weighted by molar-refractivity contribution is 8.00. The number of nitrogens with one attached hydrogen (secondary N) is 1. The summed E-state index contributed by atoms with van der Waals surface area (Å²) in [6.45, 7) is 0.548. The summed E-state index contributed by atoms with van der Waals surface area (Å²) in [5, 5.41) is 13.6. The van der Waals surface area contributed by atoms with Gasteiger partial charge in [0.2, 0.25) is 5.91 Å². The van der Waals surface area contributed by atoms with Crippen LogP contribution in [0.4, 0.5) is 0 Å². The quantitative estimate of drug-likeness (QED) is 0.535. The molecule has 6 heteroatoms. The molecule has 0 aliphatic rings. The second-order valence-corrected chi connectivity index (χ2v) is 6.99. The van der Waals surface area contributed by atoms with E-state index in [-0.39, 0.29) is 5.91 Å². The number of aromatic nitrogens is 3. The number of rotatable bonds is 6. The lowest BCUT2D eigenvalue weighted by Gasteiger charge is -2.06. The zero-order valence-electron chi connectivity index (χ0n) is 14.1. The number of pyridine rings is 1. The van der Waals surface area contributed by atoms with E-state index in [4.69, 9.17) is 0 Å². The normalized spacial score (nSPS) is 11.1. The smallest absolute Gasteiger partial charge is 0.230 e. The summed E-state index contributed by atoms with van der Waals surface area (Å²) in [5.74, 6) is 1.28. The van der Waals surface area contributed by atoms with Crippen molar-refractivity contribution in [2.75, 3.05) is 12.3 Å². The molecule has 2 aromatic heterocycles. The Morgan fingerprint density at radius 2 is 1.85 bits per heavy atom. The Balaban J connectivity index is 1.28. The SMILES string of the molecule is O=C(CSc1ccc2ccccc2c1)NCCc1nnc2ccccn12. The second kappa shape index (κ2) is 7.58. The van der Waals surface area contributed by atoms with Gasteiger partial charge < -0.3 is 5.32 Å². The molecule has 0 unspecified atom stereocenters. The van der Waals surface area contributed by atoms with Gasteiger partial charge in [-0.2, -0.15) is 0 Å². The summed E-state index contributed by atoms with van der Waals surface area (Å²) < 4.78 is 1.94. The first-order chi connectivity index (χ1) is 12.8. The van der Waals surface area contributed by atoms with Gasteiger partial charge in [-0.3, -0.25) is 9.20 Å². The van der Waals surface area contributed by atoms with Crippen molar-refractivity contribution in [2.45, 2.75) is 11.3 Å². The van der Waals surface area contributed by atoms with E-state index in [1.165, 1.54) is 10.8 Å². The number of hydrogen-bond acceptors (Lipinski definition) is 4. The highest BCUT2D eigenvalue weighted by atomic mass is 32.2. The second-order valence-electron chi connectivity index (χ2n) is 5.94. The predicted octanol–water partition coefficient (Wildman–Crippen LogP) is 3.33. The van der Waals surface area contributed by atoms with E-state index in [1.54, 1.807) is 11.8 Å². The van der Waals surface area contributed by atoms with Gasteiger partial charge in [-0.1, -0.05) is 36.4 Å². The topological polar surface area (TPSA) is 59.3 Å². The fourth-order valence-corrected chi connectivity index (χ4v) is 3.61. The zero-order chi connectivity index (χ0) is 17.8. The molecular formula is C20H18N4OS. The van der Waals surface area contributed by atoms with E-state index in [0.29, 0.717) is 18.7 Å². The molecule has 5 nitrogen and oxygen atoms in total. The maximum atomic E-state index is 12.1. The molecule has 0 saturated heterocycles. The third kappa shape index (κ3) is 3.70. The summed E-state index contributed by atoms with van der Waals surface area (Å²) in [4.78, 5) is 13.2. The molecule has 0 aliphatic heterocycles. The molecule has 2 aromatic carbocycles. The van der Waals surface area contributed by atoms with Gasteiger partial charge in [0, 0.05) is 24.1 Å². The molecule has 0 saturated carbocycles. The maximum Gasteiger partial charge on any atom is 0.230 e. The van der Waals surface area contributed by atoms with Crippen LogP contribution in [0.25, 0.3) is 16.4 Å². The number of hydrogen-bond donors (Lipinski definition) is 1. The first kappa shape index (κ1) is 16.6. The van der Waals surface area contributed by atoms with Gasteiger partial charge >= 0.3 is 0 Å². The van der Waals surface area contributed by atoms with Crippen LogP contribution in [0.1, 0.15) is 5.82 Å². The van der Waals surface area contributed by atoms with E-state index in [0.717, 1.165) is 16.4 Å². The van der Waals surface area contributed by atoms with Crippen molar-refractivity contribution >= 4 is 34.1 Å². The average molecular weight is 362 g/mol. The highest BCUT2D eigenvalue weighted by Gasteiger charge is 2.07. The van der Waals surface area contributed by atoms with Gasteiger partial charge in [0.25, 0.3) is 0 Å². The van der Waals surface area contributed by atoms with E-state index in [2.05, 4.69) is 45.8 Å². The molecule has 0 spiro atoms. The van der Waals surface area contributed by atoms with Gasteiger partial charge in [-0.05, 0) is 35.0 Å². The number of nitrogens with zero attached hydrogens (tertiary/aromatic N) is 3. The number of benzene rings is 2. The fourth-order valence-electron chi connectivity index (χ4n) is 2.83. The molecule has 26 heavy (non-hydrogen) atoms. The number of fused-ring (bicyclic) bond motifs is 2. The Kier molecular flexibility index (Phi) is 4.84. The third-order valence-electron chi connectivity index (χ3n) is 4.15. The van der Waals surface area contributed by atoms with Crippen LogP contribution in [0.5, 0.6) is 0 Å². The maximum absolute atomic E-state index is 12.1. The van der Waals surface area contributed by atoms with Gasteiger partial charge in [-0.15, -0.1) is 22.0 Å². The zero-order valence-corrected chi connectivity index (χ0v) is 14.9. The monoisotopic (exact) mass is 362 g/mol. The molecule has 0 atom stereocenters. The summed E-state index contributed by atoms with van der Waals surface area (Å²) in [7, 11) is 0. The molecule has 1 N–H and O–H groups in total. The molecule has 0 radical (unpaired) electrons. The lowest BCUT2D eigenvalue weighted by atomic mass is 10.1. The van der Waals surface area contributed by atoms with Crippen molar-refractivity contribution in [1.82, 2.24) is 19.9 Å². The molecular weight excluding hydrogens is 344 g/mol. The minimum absolute atomic E-state index is 0.0250. The van der Waals surface area contributed by atoms with E-state index in [9.17, 15) is 4.79 Å². The minimum Gasteiger partial charge on any atom is -0.355 e. The Morgan fingerprint density at radius 3 is 2.77 bits per heavy atom. The van der Waals surface area contributed by atoms with E-state index < -0.39 is 0 Å². The van der Waals surface area contributed by atoms with Crippen LogP contribution in [-0.2, 0) is 11.2 Å². The first-order valence-corrected chi connectivity index (χ1v) is 9.45. The van der Waals surface area contributed by atoms with Crippen molar-refractivity contribution in [3.05, 3.63) is 72.7 Å². The van der Waals surface area contributed by atoms with Crippen LogP contribution in [0.15, 0.2) is 71.8 Å². The fraction of sp³-hybridized carbons (Fsp3) is 0.150. The van der Waals surface area contributed by atoms with E-state index in [1.807, 2.05) is 40.9 Å². The van der Waals surface area contributed by atoms with Crippen molar-refractivity contribution in [2.24, 2.45) is 0 Å². The molecule has 130 valence electrons. The van der Waals surface area contributed by atoms with Crippen LogP contribution in [0, 0.1) is 0 Å². The number of amides is 1. The molecule has 2 heterocycles. The molecule has 0 aliphatic carbocycles. The van der Waals surface area contributed by atoms with Crippen molar-refractivity contribution in [3.63, 3.8) is 0 Å². The van der Waals surface area contributed by atoms with Crippen molar-refractivity contribution in [1.29, 1.82) is 0 Å². The van der Waals surface area contributed by atoms with Crippen LogP contribution >= 0.6 is 11.8 Å². The molecule has 4 rings (SSSR count). The average Bonchev–Trinajstić information content (AvgIpc) is 3.09. The molecule has 0 fully saturated rings. The summed E-state index contributed by atoms with van der Waals surface area (Å²) in [6.07, 6.45) is 2.58. The summed E-state index contributed by atoms with van der Waals surface area (Å²) in [6, 6.07) is 20.3.